The second-order valence-corrected chi connectivity index (χ2v) is 8.80. The number of amides is 1. The van der Waals surface area contributed by atoms with Crippen LogP contribution in [0.25, 0.3) is 10.2 Å². The number of carbonyl (C=O) groups is 1. The zero-order valence-electron chi connectivity index (χ0n) is 14.6. The molecule has 0 bridgehead atoms. The van der Waals surface area contributed by atoms with Gasteiger partial charge in [0.2, 0.25) is 5.91 Å². The van der Waals surface area contributed by atoms with Crippen molar-refractivity contribution >= 4 is 39.2 Å². The summed E-state index contributed by atoms with van der Waals surface area (Å²) in [7, 11) is 0. The summed E-state index contributed by atoms with van der Waals surface area (Å²) in [6.07, 6.45) is 7.22. The highest BCUT2D eigenvalue weighted by Gasteiger charge is 2.23. The maximum atomic E-state index is 12.1. The zero-order chi connectivity index (χ0) is 17.1. The van der Waals surface area contributed by atoms with Gasteiger partial charge in [-0.2, -0.15) is 0 Å². The van der Waals surface area contributed by atoms with E-state index in [1.54, 1.807) is 17.7 Å². The molecule has 0 saturated carbocycles. The Balaban J connectivity index is 1.74. The quantitative estimate of drug-likeness (QED) is 0.617. The summed E-state index contributed by atoms with van der Waals surface area (Å²) < 4.78 is 0. The number of thioether (sulfide) groups is 1. The van der Waals surface area contributed by atoms with Crippen molar-refractivity contribution in [1.29, 1.82) is 0 Å². The highest BCUT2D eigenvalue weighted by Crippen LogP contribution is 2.40. The number of carbonyl (C=O) groups excluding carboxylic acids is 1. The molecule has 130 valence electrons. The lowest BCUT2D eigenvalue weighted by atomic mass is 9.89. The van der Waals surface area contributed by atoms with Crippen LogP contribution in [0.2, 0.25) is 0 Å². The maximum absolute atomic E-state index is 12.1. The number of aryl methyl sites for hydroxylation is 1. The Morgan fingerprint density at radius 3 is 3.12 bits per heavy atom. The van der Waals surface area contributed by atoms with Crippen molar-refractivity contribution in [2.24, 2.45) is 5.92 Å². The van der Waals surface area contributed by atoms with Gasteiger partial charge in [-0.1, -0.05) is 32.0 Å². The summed E-state index contributed by atoms with van der Waals surface area (Å²) in [4.78, 5) is 23.6. The molecule has 0 unspecified atom stereocenters. The summed E-state index contributed by atoms with van der Waals surface area (Å²) in [5, 5.41) is 5.22. The van der Waals surface area contributed by atoms with Gasteiger partial charge in [0.1, 0.15) is 16.2 Å². The first-order valence-electron chi connectivity index (χ1n) is 8.75. The predicted octanol–water partition coefficient (Wildman–Crippen LogP) is 4.21. The SMILES string of the molecule is CCC[C@H](C)NC(=O)CSc1ncnc2sc3c(c12)CC[C@@H](C)C3. The number of nitrogens with zero attached hydrogens (tertiary/aromatic N) is 2. The highest BCUT2D eigenvalue weighted by atomic mass is 32.2. The van der Waals surface area contributed by atoms with Crippen molar-refractivity contribution in [3.63, 3.8) is 0 Å². The van der Waals surface area contributed by atoms with Crippen LogP contribution in [0.3, 0.4) is 0 Å². The average molecular weight is 364 g/mol. The molecule has 0 radical (unpaired) electrons. The van der Waals surface area contributed by atoms with Gasteiger partial charge in [0, 0.05) is 16.3 Å². The van der Waals surface area contributed by atoms with Crippen LogP contribution in [0.5, 0.6) is 0 Å². The van der Waals surface area contributed by atoms with Crippen LogP contribution in [-0.4, -0.2) is 27.7 Å². The van der Waals surface area contributed by atoms with Gasteiger partial charge in [0.25, 0.3) is 0 Å². The summed E-state index contributed by atoms with van der Waals surface area (Å²) in [6, 6.07) is 0.240. The Morgan fingerprint density at radius 1 is 1.50 bits per heavy atom. The molecule has 3 rings (SSSR count). The van der Waals surface area contributed by atoms with Gasteiger partial charge in [0.05, 0.1) is 5.75 Å². The van der Waals surface area contributed by atoms with E-state index in [0.717, 1.165) is 41.5 Å². The molecule has 6 heteroatoms. The predicted molar refractivity (Wildman–Crippen MR) is 102 cm³/mol. The fraction of sp³-hybridized carbons (Fsp3) is 0.611. The lowest BCUT2D eigenvalue weighted by molar-refractivity contribution is -0.119. The molecule has 1 aliphatic carbocycles. The second-order valence-electron chi connectivity index (χ2n) is 6.76. The molecule has 1 aliphatic rings. The molecule has 0 aliphatic heterocycles. The van der Waals surface area contributed by atoms with E-state index in [-0.39, 0.29) is 11.9 Å². The number of aromatic nitrogens is 2. The Morgan fingerprint density at radius 2 is 2.33 bits per heavy atom. The van der Waals surface area contributed by atoms with Crippen molar-refractivity contribution in [3.8, 4) is 0 Å². The van der Waals surface area contributed by atoms with Crippen molar-refractivity contribution in [2.75, 3.05) is 5.75 Å². The molecule has 1 N–H and O–H groups in total. The van der Waals surface area contributed by atoms with Crippen LogP contribution < -0.4 is 5.32 Å². The normalized spacial score (nSPS) is 18.4. The highest BCUT2D eigenvalue weighted by molar-refractivity contribution is 8.00. The third-order valence-electron chi connectivity index (χ3n) is 4.53. The van der Waals surface area contributed by atoms with E-state index < -0.39 is 0 Å². The van der Waals surface area contributed by atoms with Crippen molar-refractivity contribution in [3.05, 3.63) is 16.8 Å². The van der Waals surface area contributed by atoms with Crippen LogP contribution >= 0.6 is 23.1 Å². The monoisotopic (exact) mass is 363 g/mol. The molecule has 4 nitrogen and oxygen atoms in total. The third-order valence-corrected chi connectivity index (χ3v) is 6.68. The number of fused-ring (bicyclic) bond motifs is 3. The Kier molecular flexibility index (Phi) is 5.76. The molecule has 0 aromatic carbocycles. The summed E-state index contributed by atoms with van der Waals surface area (Å²) in [6.45, 7) is 6.51. The van der Waals surface area contributed by atoms with Gasteiger partial charge >= 0.3 is 0 Å². The molecular weight excluding hydrogens is 338 g/mol. The van der Waals surface area contributed by atoms with E-state index >= 15 is 0 Å². The summed E-state index contributed by atoms with van der Waals surface area (Å²) in [5.74, 6) is 1.26. The largest absolute Gasteiger partial charge is 0.353 e. The molecule has 2 aromatic rings. The van der Waals surface area contributed by atoms with E-state index in [2.05, 4.69) is 36.1 Å². The summed E-state index contributed by atoms with van der Waals surface area (Å²) in [5.41, 5.74) is 1.43. The van der Waals surface area contributed by atoms with Crippen molar-refractivity contribution in [2.45, 2.75) is 63.9 Å². The first-order valence-corrected chi connectivity index (χ1v) is 10.6. The van der Waals surface area contributed by atoms with Gasteiger partial charge in [-0.15, -0.1) is 11.3 Å². The van der Waals surface area contributed by atoms with Gasteiger partial charge in [-0.3, -0.25) is 4.79 Å². The number of hydrogen-bond donors (Lipinski definition) is 1. The van der Waals surface area contributed by atoms with Gasteiger partial charge < -0.3 is 5.32 Å². The van der Waals surface area contributed by atoms with Crippen LogP contribution in [-0.2, 0) is 17.6 Å². The topological polar surface area (TPSA) is 54.9 Å². The first kappa shape index (κ1) is 17.7. The first-order chi connectivity index (χ1) is 11.6. The van der Waals surface area contributed by atoms with Crippen molar-refractivity contribution in [1.82, 2.24) is 15.3 Å². The van der Waals surface area contributed by atoms with E-state index in [1.165, 1.54) is 34.0 Å². The van der Waals surface area contributed by atoms with E-state index in [4.69, 9.17) is 0 Å². The molecule has 0 spiro atoms. The molecule has 24 heavy (non-hydrogen) atoms. The van der Waals surface area contributed by atoms with Crippen LogP contribution in [0.1, 0.15) is 50.5 Å². The van der Waals surface area contributed by atoms with E-state index in [0.29, 0.717) is 5.75 Å². The standard InChI is InChI=1S/C18H25N3OS2/c1-4-5-12(3)21-15(22)9-23-17-16-13-7-6-11(2)8-14(13)24-18(16)20-10-19-17/h10-12H,4-9H2,1-3H3,(H,21,22)/t11-,12+/m1/s1. The molecular formula is C18H25N3OS2. The fourth-order valence-electron chi connectivity index (χ4n) is 3.31. The van der Waals surface area contributed by atoms with Gasteiger partial charge in [0.15, 0.2) is 0 Å². The minimum Gasteiger partial charge on any atom is -0.353 e. The third kappa shape index (κ3) is 3.91. The number of rotatable bonds is 6. The van der Waals surface area contributed by atoms with Crippen LogP contribution in [0.15, 0.2) is 11.4 Å². The Labute approximate surface area is 151 Å². The number of hydrogen-bond acceptors (Lipinski definition) is 5. The Bertz CT molecular complexity index is 728. The molecule has 2 heterocycles. The van der Waals surface area contributed by atoms with Gasteiger partial charge in [-0.25, -0.2) is 9.97 Å². The number of nitrogens with one attached hydrogen (secondary N) is 1. The molecule has 2 atom stereocenters. The van der Waals surface area contributed by atoms with Gasteiger partial charge in [-0.05, 0) is 44.1 Å². The minimum absolute atomic E-state index is 0.0884. The zero-order valence-corrected chi connectivity index (χ0v) is 16.2. The molecule has 0 saturated heterocycles. The molecule has 2 aromatic heterocycles. The van der Waals surface area contributed by atoms with E-state index in [9.17, 15) is 4.79 Å². The maximum Gasteiger partial charge on any atom is 0.230 e. The molecule has 0 fully saturated rings. The minimum atomic E-state index is 0.0884. The van der Waals surface area contributed by atoms with Crippen LogP contribution in [0, 0.1) is 5.92 Å². The second kappa shape index (κ2) is 7.83. The summed E-state index contributed by atoms with van der Waals surface area (Å²) >= 11 is 3.34. The van der Waals surface area contributed by atoms with Crippen molar-refractivity contribution < 1.29 is 4.79 Å². The molecule has 1 amide bonds. The lowest BCUT2D eigenvalue weighted by Gasteiger charge is -2.18. The fourth-order valence-corrected chi connectivity index (χ4v) is 5.56. The van der Waals surface area contributed by atoms with Crippen LogP contribution in [0.4, 0.5) is 0 Å². The average Bonchev–Trinajstić information content (AvgIpc) is 2.90. The van der Waals surface area contributed by atoms with E-state index in [1.807, 2.05) is 0 Å². The number of thiophene rings is 1. The Hall–Kier alpha value is -1.14. The lowest BCUT2D eigenvalue weighted by Crippen LogP contribution is -2.33. The smallest absolute Gasteiger partial charge is 0.230 e.